The number of nitro groups is 1. The van der Waals surface area contributed by atoms with Crippen molar-refractivity contribution < 1.29 is 9.72 Å². The van der Waals surface area contributed by atoms with Crippen LogP contribution in [0, 0.1) is 10.1 Å². The molecule has 0 bridgehead atoms. The van der Waals surface area contributed by atoms with Crippen LogP contribution in [0.15, 0.2) is 40.7 Å². The van der Waals surface area contributed by atoms with Crippen molar-refractivity contribution in [3.63, 3.8) is 0 Å². The molecule has 0 saturated heterocycles. The van der Waals surface area contributed by atoms with E-state index in [1.807, 2.05) is 0 Å². The number of nitro benzene ring substituents is 1. The summed E-state index contributed by atoms with van der Waals surface area (Å²) in [5.74, 6) is 0.0267. The summed E-state index contributed by atoms with van der Waals surface area (Å²) in [7, 11) is 0. The van der Waals surface area contributed by atoms with Crippen LogP contribution in [0.3, 0.4) is 0 Å². The van der Waals surface area contributed by atoms with Crippen LogP contribution in [-0.4, -0.2) is 21.6 Å². The number of thioether (sulfide) groups is 1. The summed E-state index contributed by atoms with van der Waals surface area (Å²) in [5.41, 5.74) is 1.48. The first-order chi connectivity index (χ1) is 12.4. The molecular formula is C16H11Cl2N3O3S2. The molecule has 0 spiro atoms. The molecular weight excluding hydrogens is 417 g/mol. The lowest BCUT2D eigenvalue weighted by Gasteiger charge is -2.06. The molecule has 0 aliphatic carbocycles. The van der Waals surface area contributed by atoms with Crippen molar-refractivity contribution in [2.24, 2.45) is 0 Å². The first-order valence-electron chi connectivity index (χ1n) is 7.31. The van der Waals surface area contributed by atoms with Crippen LogP contribution in [0.1, 0.15) is 5.56 Å². The molecule has 2 aromatic carbocycles. The van der Waals surface area contributed by atoms with Gasteiger partial charge in [-0.1, -0.05) is 41.0 Å². The zero-order valence-electron chi connectivity index (χ0n) is 13.1. The molecule has 26 heavy (non-hydrogen) atoms. The van der Waals surface area contributed by atoms with Gasteiger partial charge >= 0.3 is 0 Å². The highest BCUT2D eigenvalue weighted by molar-refractivity contribution is 8.01. The molecule has 0 saturated carbocycles. The van der Waals surface area contributed by atoms with Gasteiger partial charge in [0.1, 0.15) is 0 Å². The van der Waals surface area contributed by atoms with Gasteiger partial charge in [0.15, 0.2) is 4.34 Å². The number of carbonyl (C=O) groups excluding carboxylic acids is 1. The Labute approximate surface area is 166 Å². The fourth-order valence-electron chi connectivity index (χ4n) is 2.10. The van der Waals surface area contributed by atoms with E-state index in [2.05, 4.69) is 10.3 Å². The lowest BCUT2D eigenvalue weighted by atomic mass is 10.2. The summed E-state index contributed by atoms with van der Waals surface area (Å²) < 4.78 is 1.40. The van der Waals surface area contributed by atoms with Crippen LogP contribution in [0.4, 0.5) is 5.69 Å². The Hall–Kier alpha value is -1.87. The lowest BCUT2D eigenvalue weighted by Crippen LogP contribution is -2.24. The standard InChI is InChI=1S/C16H11Cl2N3O3S2/c17-10-2-1-9(12(18)5-10)7-19-15(22)8-25-16-20-13-4-3-11(21(23)24)6-14(13)26-16/h1-6H,7-8H2,(H,19,22). The van der Waals surface area contributed by atoms with E-state index in [1.54, 1.807) is 24.3 Å². The minimum atomic E-state index is -0.443. The fraction of sp³-hybridized carbons (Fsp3) is 0.125. The SMILES string of the molecule is O=C(CSc1nc2ccc([N+](=O)[O-])cc2s1)NCc1ccc(Cl)cc1Cl. The van der Waals surface area contributed by atoms with Gasteiger partial charge in [-0.25, -0.2) is 4.98 Å². The normalized spacial score (nSPS) is 10.8. The molecule has 0 atom stereocenters. The number of nitrogens with zero attached hydrogens (tertiary/aromatic N) is 2. The van der Waals surface area contributed by atoms with Gasteiger partial charge in [-0.05, 0) is 23.8 Å². The Morgan fingerprint density at radius 1 is 1.27 bits per heavy atom. The Bertz CT molecular complexity index is 994. The van der Waals surface area contributed by atoms with Crippen molar-refractivity contribution in [3.8, 4) is 0 Å². The number of nitrogens with one attached hydrogen (secondary N) is 1. The highest BCUT2D eigenvalue weighted by Gasteiger charge is 2.12. The molecule has 0 aliphatic heterocycles. The molecule has 6 nitrogen and oxygen atoms in total. The average molecular weight is 428 g/mol. The van der Waals surface area contributed by atoms with Gasteiger partial charge in [0.2, 0.25) is 5.91 Å². The lowest BCUT2D eigenvalue weighted by molar-refractivity contribution is -0.384. The van der Waals surface area contributed by atoms with Crippen molar-refractivity contribution in [2.45, 2.75) is 10.9 Å². The van der Waals surface area contributed by atoms with Crippen LogP contribution in [0.25, 0.3) is 10.2 Å². The van der Waals surface area contributed by atoms with Crippen LogP contribution in [0.2, 0.25) is 10.0 Å². The maximum Gasteiger partial charge on any atom is 0.270 e. The van der Waals surface area contributed by atoms with E-state index < -0.39 is 4.92 Å². The summed E-state index contributed by atoms with van der Waals surface area (Å²) >= 11 is 14.5. The van der Waals surface area contributed by atoms with E-state index in [1.165, 1.54) is 35.2 Å². The third kappa shape index (κ3) is 4.64. The van der Waals surface area contributed by atoms with E-state index in [4.69, 9.17) is 23.2 Å². The minimum absolute atomic E-state index is 0.0234. The summed E-state index contributed by atoms with van der Waals surface area (Å²) in [6.07, 6.45) is 0. The second-order valence-electron chi connectivity index (χ2n) is 5.19. The van der Waals surface area contributed by atoms with E-state index in [-0.39, 0.29) is 17.3 Å². The Balaban J connectivity index is 1.57. The highest BCUT2D eigenvalue weighted by Crippen LogP contribution is 2.31. The topological polar surface area (TPSA) is 85.1 Å². The molecule has 0 unspecified atom stereocenters. The van der Waals surface area contributed by atoms with Crippen molar-refractivity contribution in [3.05, 3.63) is 62.1 Å². The number of thiazole rings is 1. The number of non-ortho nitro benzene ring substituents is 1. The summed E-state index contributed by atoms with van der Waals surface area (Å²) in [6.45, 7) is 0.307. The van der Waals surface area contributed by atoms with Gasteiger partial charge in [-0.2, -0.15) is 0 Å². The van der Waals surface area contributed by atoms with Gasteiger partial charge in [-0.3, -0.25) is 14.9 Å². The van der Waals surface area contributed by atoms with Crippen molar-refractivity contribution >= 4 is 68.1 Å². The number of benzene rings is 2. The van der Waals surface area contributed by atoms with Gasteiger partial charge < -0.3 is 5.32 Å². The Morgan fingerprint density at radius 3 is 2.81 bits per heavy atom. The molecule has 3 rings (SSSR count). The Morgan fingerprint density at radius 2 is 2.08 bits per heavy atom. The van der Waals surface area contributed by atoms with Crippen molar-refractivity contribution in [2.75, 3.05) is 5.75 Å². The summed E-state index contributed by atoms with van der Waals surface area (Å²) in [6, 6.07) is 9.61. The van der Waals surface area contributed by atoms with Crippen LogP contribution >= 0.6 is 46.3 Å². The number of rotatable bonds is 6. The Kier molecular flexibility index (Phi) is 5.98. The molecule has 0 fully saturated rings. The zero-order chi connectivity index (χ0) is 18.7. The maximum absolute atomic E-state index is 12.0. The molecule has 1 amide bonds. The molecule has 0 aliphatic rings. The second kappa shape index (κ2) is 8.22. The minimum Gasteiger partial charge on any atom is -0.351 e. The van der Waals surface area contributed by atoms with Crippen LogP contribution < -0.4 is 5.32 Å². The molecule has 1 heterocycles. The smallest absolute Gasteiger partial charge is 0.270 e. The number of carbonyl (C=O) groups is 1. The van der Waals surface area contributed by atoms with E-state index >= 15 is 0 Å². The van der Waals surface area contributed by atoms with E-state index in [0.29, 0.717) is 26.4 Å². The first kappa shape index (κ1) is 18.9. The zero-order valence-corrected chi connectivity index (χ0v) is 16.2. The maximum atomic E-state index is 12.0. The second-order valence-corrected chi connectivity index (χ2v) is 8.29. The van der Waals surface area contributed by atoms with Crippen LogP contribution in [0.5, 0.6) is 0 Å². The quantitative estimate of drug-likeness (QED) is 0.342. The first-order valence-corrected chi connectivity index (χ1v) is 9.86. The van der Waals surface area contributed by atoms with Gasteiger partial charge in [0.25, 0.3) is 5.69 Å². The number of hydrogen-bond donors (Lipinski definition) is 1. The van der Waals surface area contributed by atoms with E-state index in [9.17, 15) is 14.9 Å². The molecule has 10 heteroatoms. The highest BCUT2D eigenvalue weighted by atomic mass is 35.5. The van der Waals surface area contributed by atoms with Crippen molar-refractivity contribution in [1.29, 1.82) is 0 Å². The number of hydrogen-bond acceptors (Lipinski definition) is 6. The number of fused-ring (bicyclic) bond motifs is 1. The van der Waals surface area contributed by atoms with Gasteiger partial charge in [-0.15, -0.1) is 11.3 Å². The van der Waals surface area contributed by atoms with Crippen LogP contribution in [-0.2, 0) is 11.3 Å². The van der Waals surface area contributed by atoms with E-state index in [0.717, 1.165) is 10.3 Å². The molecule has 1 aromatic heterocycles. The van der Waals surface area contributed by atoms with Gasteiger partial charge in [0, 0.05) is 28.7 Å². The number of aromatic nitrogens is 1. The average Bonchev–Trinajstić information content (AvgIpc) is 3.01. The monoisotopic (exact) mass is 427 g/mol. The largest absolute Gasteiger partial charge is 0.351 e. The predicted molar refractivity (Wildman–Crippen MR) is 105 cm³/mol. The molecule has 3 aromatic rings. The number of amides is 1. The predicted octanol–water partition coefficient (Wildman–Crippen LogP) is 4.92. The summed E-state index contributed by atoms with van der Waals surface area (Å²) in [5, 5.41) is 14.6. The van der Waals surface area contributed by atoms with Crippen molar-refractivity contribution in [1.82, 2.24) is 10.3 Å². The number of halogens is 2. The molecule has 134 valence electrons. The molecule has 0 radical (unpaired) electrons. The third-order valence-electron chi connectivity index (χ3n) is 3.38. The third-order valence-corrected chi connectivity index (χ3v) is 6.13. The van der Waals surface area contributed by atoms with Gasteiger partial charge in [0.05, 0.1) is 20.9 Å². The summed E-state index contributed by atoms with van der Waals surface area (Å²) in [4.78, 5) is 26.8. The fourth-order valence-corrected chi connectivity index (χ4v) is 4.51. The molecule has 1 N–H and O–H groups in total.